The molecule has 6 nitrogen and oxygen atoms in total. The highest BCUT2D eigenvalue weighted by molar-refractivity contribution is 7.07. The van der Waals surface area contributed by atoms with Crippen LogP contribution in [0.4, 0.5) is 11.4 Å². The molecular formula is C10H6ClN3O3S. The second-order valence-electron chi connectivity index (χ2n) is 3.25. The summed E-state index contributed by atoms with van der Waals surface area (Å²) in [6.07, 6.45) is 0. The van der Waals surface area contributed by atoms with Crippen molar-refractivity contribution in [2.75, 3.05) is 5.32 Å². The van der Waals surface area contributed by atoms with E-state index in [9.17, 15) is 14.9 Å². The van der Waals surface area contributed by atoms with Crippen LogP contribution in [0.1, 0.15) is 10.5 Å². The molecule has 8 heteroatoms. The van der Waals surface area contributed by atoms with Crippen molar-refractivity contribution in [2.24, 2.45) is 0 Å². The van der Waals surface area contributed by atoms with E-state index in [1.54, 1.807) is 5.38 Å². The lowest BCUT2D eigenvalue weighted by Crippen LogP contribution is -2.12. The van der Waals surface area contributed by atoms with E-state index >= 15 is 0 Å². The van der Waals surface area contributed by atoms with Crippen LogP contribution in [-0.4, -0.2) is 15.8 Å². The number of carbonyl (C=O) groups is 1. The molecule has 0 fully saturated rings. The van der Waals surface area contributed by atoms with Crippen molar-refractivity contribution in [2.45, 2.75) is 0 Å². The molecule has 1 heterocycles. The van der Waals surface area contributed by atoms with E-state index in [1.807, 2.05) is 0 Å². The van der Waals surface area contributed by atoms with E-state index in [4.69, 9.17) is 11.6 Å². The zero-order valence-corrected chi connectivity index (χ0v) is 10.4. The number of rotatable bonds is 3. The second kappa shape index (κ2) is 5.11. The Hall–Kier alpha value is -1.99. The molecule has 92 valence electrons. The quantitative estimate of drug-likeness (QED) is 0.693. The van der Waals surface area contributed by atoms with Crippen molar-refractivity contribution in [3.8, 4) is 0 Å². The fraction of sp³-hybridized carbons (Fsp3) is 0. The van der Waals surface area contributed by atoms with Gasteiger partial charge in [0.2, 0.25) is 0 Å². The first-order chi connectivity index (χ1) is 8.58. The number of nitrogens with zero attached hydrogens (tertiary/aromatic N) is 2. The number of non-ortho nitro benzene ring substituents is 1. The highest BCUT2D eigenvalue weighted by atomic mass is 35.5. The third-order valence-corrected chi connectivity index (χ3v) is 2.98. The topological polar surface area (TPSA) is 85.1 Å². The number of halogens is 1. The highest BCUT2D eigenvalue weighted by Gasteiger charge is 2.13. The van der Waals surface area contributed by atoms with E-state index in [1.165, 1.54) is 35.0 Å². The first kappa shape index (κ1) is 12.5. The fourth-order valence-corrected chi connectivity index (χ4v) is 1.98. The molecule has 0 unspecified atom stereocenters. The second-order valence-corrected chi connectivity index (χ2v) is 4.37. The van der Waals surface area contributed by atoms with Gasteiger partial charge in [0, 0.05) is 17.5 Å². The molecule has 0 saturated carbocycles. The third kappa shape index (κ3) is 2.63. The van der Waals surface area contributed by atoms with Crippen LogP contribution in [0.2, 0.25) is 5.02 Å². The summed E-state index contributed by atoms with van der Waals surface area (Å²) in [4.78, 5) is 25.5. The van der Waals surface area contributed by atoms with E-state index in [-0.39, 0.29) is 16.4 Å². The van der Waals surface area contributed by atoms with Gasteiger partial charge < -0.3 is 5.32 Å². The minimum Gasteiger partial charge on any atom is -0.319 e. The summed E-state index contributed by atoms with van der Waals surface area (Å²) in [5.41, 5.74) is 1.98. The number of nitro groups is 1. The number of thiazole rings is 1. The number of amides is 1. The smallest absolute Gasteiger partial charge is 0.275 e. The average Bonchev–Trinajstić information content (AvgIpc) is 2.85. The predicted octanol–water partition coefficient (Wildman–Crippen LogP) is 2.96. The molecule has 18 heavy (non-hydrogen) atoms. The Kier molecular flexibility index (Phi) is 3.54. The number of benzene rings is 1. The van der Waals surface area contributed by atoms with Crippen molar-refractivity contribution in [3.05, 3.63) is 49.9 Å². The summed E-state index contributed by atoms with van der Waals surface area (Å²) in [5, 5.41) is 14.8. The van der Waals surface area contributed by atoms with Crippen LogP contribution >= 0.6 is 22.9 Å². The van der Waals surface area contributed by atoms with Crippen LogP contribution in [0.5, 0.6) is 0 Å². The van der Waals surface area contributed by atoms with Crippen molar-refractivity contribution < 1.29 is 9.72 Å². The van der Waals surface area contributed by atoms with E-state index in [0.29, 0.717) is 5.69 Å². The number of aromatic nitrogens is 1. The van der Waals surface area contributed by atoms with Gasteiger partial charge in [-0.05, 0) is 6.07 Å². The Balaban J connectivity index is 2.20. The minimum absolute atomic E-state index is 0.104. The Morgan fingerprint density at radius 1 is 1.50 bits per heavy atom. The van der Waals surface area contributed by atoms with Crippen LogP contribution in [0.3, 0.4) is 0 Å². The van der Waals surface area contributed by atoms with Crippen LogP contribution in [-0.2, 0) is 0 Å². The molecule has 1 N–H and O–H groups in total. The number of hydrogen-bond acceptors (Lipinski definition) is 5. The normalized spacial score (nSPS) is 10.1. The first-order valence-corrected chi connectivity index (χ1v) is 6.03. The van der Waals surface area contributed by atoms with Crippen LogP contribution in [0.15, 0.2) is 29.1 Å². The van der Waals surface area contributed by atoms with Crippen LogP contribution < -0.4 is 5.32 Å². The molecule has 0 aliphatic carbocycles. The summed E-state index contributed by atoms with van der Waals surface area (Å²) in [6, 6.07) is 3.82. The SMILES string of the molecule is O=C(Nc1ccc([N+](=O)[O-])cc1Cl)c1cscn1. The van der Waals surface area contributed by atoms with E-state index in [2.05, 4.69) is 10.3 Å². The summed E-state index contributed by atoms with van der Waals surface area (Å²) >= 11 is 7.14. The lowest BCUT2D eigenvalue weighted by atomic mass is 10.2. The van der Waals surface area contributed by atoms with Gasteiger partial charge >= 0.3 is 0 Å². The third-order valence-electron chi connectivity index (χ3n) is 2.08. The van der Waals surface area contributed by atoms with Gasteiger partial charge in [-0.25, -0.2) is 4.98 Å². The molecule has 1 aromatic heterocycles. The van der Waals surface area contributed by atoms with Crippen molar-refractivity contribution >= 4 is 40.2 Å². The minimum atomic E-state index is -0.558. The molecule has 1 amide bonds. The molecule has 0 spiro atoms. The van der Waals surface area contributed by atoms with Gasteiger partial charge in [-0.3, -0.25) is 14.9 Å². The Bertz CT molecular complexity index is 600. The van der Waals surface area contributed by atoms with Gasteiger partial charge in [-0.1, -0.05) is 11.6 Å². The number of nitrogens with one attached hydrogen (secondary N) is 1. The number of carbonyl (C=O) groups excluding carboxylic acids is 1. The number of anilines is 1. The maximum Gasteiger partial charge on any atom is 0.275 e. The summed E-state index contributed by atoms with van der Waals surface area (Å²) in [6.45, 7) is 0. The molecule has 2 rings (SSSR count). The standard InChI is InChI=1S/C10H6ClN3O3S/c11-7-3-6(14(16)17)1-2-8(7)13-10(15)9-4-18-5-12-9/h1-5H,(H,13,15). The molecule has 0 saturated heterocycles. The van der Waals surface area contributed by atoms with E-state index < -0.39 is 10.8 Å². The molecule has 0 bridgehead atoms. The number of nitro benzene ring substituents is 1. The van der Waals surface area contributed by atoms with E-state index in [0.717, 1.165) is 0 Å². The highest BCUT2D eigenvalue weighted by Crippen LogP contribution is 2.26. The summed E-state index contributed by atoms with van der Waals surface area (Å²) < 4.78 is 0. The zero-order chi connectivity index (χ0) is 13.1. The van der Waals surface area contributed by atoms with Gasteiger partial charge in [-0.15, -0.1) is 11.3 Å². The molecule has 0 aliphatic rings. The monoisotopic (exact) mass is 283 g/mol. The zero-order valence-electron chi connectivity index (χ0n) is 8.79. The first-order valence-electron chi connectivity index (χ1n) is 4.71. The van der Waals surface area contributed by atoms with Crippen LogP contribution in [0.25, 0.3) is 0 Å². The van der Waals surface area contributed by atoms with Gasteiger partial charge in [-0.2, -0.15) is 0 Å². The average molecular weight is 284 g/mol. The van der Waals surface area contributed by atoms with Crippen LogP contribution in [0, 0.1) is 10.1 Å². The lowest BCUT2D eigenvalue weighted by molar-refractivity contribution is -0.384. The molecule has 0 aliphatic heterocycles. The Labute approximate surface area is 110 Å². The summed E-state index contributed by atoms with van der Waals surface area (Å²) in [5.74, 6) is -0.410. The maximum atomic E-state index is 11.7. The van der Waals surface area contributed by atoms with Gasteiger partial charge in [0.25, 0.3) is 11.6 Å². The van der Waals surface area contributed by atoms with Gasteiger partial charge in [0.1, 0.15) is 5.69 Å². The number of hydrogen-bond donors (Lipinski definition) is 1. The fourth-order valence-electron chi connectivity index (χ4n) is 1.23. The Morgan fingerprint density at radius 3 is 2.83 bits per heavy atom. The predicted molar refractivity (Wildman–Crippen MR) is 68.2 cm³/mol. The van der Waals surface area contributed by atoms with Gasteiger partial charge in [0.05, 0.1) is 21.1 Å². The van der Waals surface area contributed by atoms with Crippen molar-refractivity contribution in [3.63, 3.8) is 0 Å². The van der Waals surface area contributed by atoms with Crippen molar-refractivity contribution in [1.29, 1.82) is 0 Å². The maximum absolute atomic E-state index is 11.7. The summed E-state index contributed by atoms with van der Waals surface area (Å²) in [7, 11) is 0. The van der Waals surface area contributed by atoms with Gasteiger partial charge in [0.15, 0.2) is 0 Å². The molecule has 1 aromatic carbocycles. The molecule has 2 aromatic rings. The molecular weight excluding hydrogens is 278 g/mol. The largest absolute Gasteiger partial charge is 0.319 e. The lowest BCUT2D eigenvalue weighted by Gasteiger charge is -2.05. The molecule has 0 radical (unpaired) electrons. The Morgan fingerprint density at radius 2 is 2.28 bits per heavy atom. The molecule has 0 atom stereocenters. The van der Waals surface area contributed by atoms with Crippen molar-refractivity contribution in [1.82, 2.24) is 4.98 Å².